The van der Waals surface area contributed by atoms with E-state index in [1.807, 2.05) is 4.72 Å². The van der Waals surface area contributed by atoms with Gasteiger partial charge in [0.05, 0.1) is 4.90 Å². The predicted octanol–water partition coefficient (Wildman–Crippen LogP) is 5.57. The number of carbonyl (C=O) groups is 1. The van der Waals surface area contributed by atoms with Gasteiger partial charge in [-0.1, -0.05) is 0 Å². The maximum atomic E-state index is 13.9. The number of rotatable bonds is 9. The van der Waals surface area contributed by atoms with Crippen molar-refractivity contribution in [1.29, 1.82) is 0 Å². The van der Waals surface area contributed by atoms with Gasteiger partial charge in [0.1, 0.15) is 0 Å². The number of sulfonamides is 1. The van der Waals surface area contributed by atoms with Crippen molar-refractivity contribution in [2.24, 2.45) is 0 Å². The maximum absolute atomic E-state index is 13.9. The molecule has 1 aromatic heterocycles. The van der Waals surface area contributed by atoms with E-state index in [1.165, 1.54) is 19.9 Å². The molecule has 2 aromatic rings. The van der Waals surface area contributed by atoms with Gasteiger partial charge in [0.15, 0.2) is 0 Å². The lowest BCUT2D eigenvalue weighted by Gasteiger charge is -2.39. The summed E-state index contributed by atoms with van der Waals surface area (Å²) in [4.78, 5) is 18.5. The van der Waals surface area contributed by atoms with Gasteiger partial charge in [-0.15, -0.1) is 0 Å². The zero-order valence-electron chi connectivity index (χ0n) is 19.3. The maximum Gasteiger partial charge on any atom is 0.460 e. The number of nitrogens with zero attached hydrogens (tertiary/aromatic N) is 2. The number of benzene rings is 1. The molecule has 1 amide bonds. The predicted molar refractivity (Wildman–Crippen MR) is 108 cm³/mol. The Morgan fingerprint density at radius 1 is 0.700 bits per heavy atom. The molecule has 0 atom stereocenters. The Labute approximate surface area is 214 Å². The van der Waals surface area contributed by atoms with Crippen molar-refractivity contribution in [3.05, 3.63) is 41.7 Å². The molecule has 21 heteroatoms. The molecule has 1 heterocycles. The zero-order chi connectivity index (χ0) is 31.3. The minimum Gasteiger partial charge on any atom is -0.321 e. The van der Waals surface area contributed by atoms with Gasteiger partial charge in [-0.05, 0) is 44.2 Å². The standard InChI is InChI=1S/C19H13F13N4O3S/c1-8-7-9(2)34-13(33-8)36-40(38,39)11-5-3-10(4-6-11)35-12(37)14(20,21)15(22,23)16(24,25)17(26,27)18(28,29)19(30,31)32/h3-7H,1-2H3,(H,35,37)(H,33,34,36). The normalized spacial score (nSPS) is 14.2. The lowest BCUT2D eigenvalue weighted by atomic mass is 9.93. The van der Waals surface area contributed by atoms with E-state index in [4.69, 9.17) is 0 Å². The zero-order valence-corrected chi connectivity index (χ0v) is 20.1. The Morgan fingerprint density at radius 3 is 1.55 bits per heavy atom. The summed E-state index contributed by atoms with van der Waals surface area (Å²) in [6, 6.07) is 3.42. The molecule has 0 unspecified atom stereocenters. The van der Waals surface area contributed by atoms with Crippen molar-refractivity contribution in [3.8, 4) is 0 Å². The molecule has 0 saturated heterocycles. The summed E-state index contributed by atoms with van der Waals surface area (Å²) < 4.78 is 198. The number of anilines is 2. The van der Waals surface area contributed by atoms with Crippen LogP contribution in [0.15, 0.2) is 35.2 Å². The van der Waals surface area contributed by atoms with Crippen molar-refractivity contribution in [3.63, 3.8) is 0 Å². The fourth-order valence-corrected chi connectivity index (χ4v) is 3.73. The van der Waals surface area contributed by atoms with Crippen molar-refractivity contribution < 1.29 is 70.3 Å². The number of aromatic nitrogens is 2. The fraction of sp³-hybridized carbons (Fsp3) is 0.421. The lowest BCUT2D eigenvalue weighted by molar-refractivity contribution is -0.435. The molecule has 1 aromatic carbocycles. The van der Waals surface area contributed by atoms with E-state index in [0.29, 0.717) is 35.7 Å². The Bertz CT molecular complexity index is 1360. The first-order chi connectivity index (χ1) is 17.7. The molecule has 0 radical (unpaired) electrons. The van der Waals surface area contributed by atoms with E-state index >= 15 is 0 Å². The molecule has 0 aliphatic heterocycles. The second-order valence-corrected chi connectivity index (χ2v) is 9.61. The van der Waals surface area contributed by atoms with Crippen LogP contribution in [0.1, 0.15) is 11.4 Å². The number of alkyl halides is 13. The Balaban J connectivity index is 2.32. The van der Waals surface area contributed by atoms with E-state index < -0.39 is 68.3 Å². The van der Waals surface area contributed by atoms with Crippen LogP contribution < -0.4 is 10.0 Å². The number of halogens is 13. The molecule has 0 saturated carbocycles. The molecule has 0 fully saturated rings. The van der Waals surface area contributed by atoms with E-state index in [0.717, 1.165) is 5.32 Å². The Hall–Kier alpha value is -3.39. The van der Waals surface area contributed by atoms with E-state index in [-0.39, 0.29) is 0 Å². The van der Waals surface area contributed by atoms with Gasteiger partial charge in [0, 0.05) is 17.1 Å². The highest BCUT2D eigenvalue weighted by Crippen LogP contribution is 2.60. The van der Waals surface area contributed by atoms with Gasteiger partial charge in [-0.3, -0.25) is 4.79 Å². The Morgan fingerprint density at radius 2 is 1.12 bits per heavy atom. The molecule has 224 valence electrons. The topological polar surface area (TPSA) is 101 Å². The van der Waals surface area contributed by atoms with E-state index in [1.54, 1.807) is 0 Å². The molecular weight excluding hydrogens is 611 g/mol. The minimum absolute atomic E-state index is 0.339. The average molecular weight is 624 g/mol. The lowest BCUT2D eigenvalue weighted by Crippen LogP contribution is -2.71. The largest absolute Gasteiger partial charge is 0.460 e. The summed E-state index contributed by atoms with van der Waals surface area (Å²) in [6.45, 7) is 2.98. The summed E-state index contributed by atoms with van der Waals surface area (Å²) in [5.74, 6) is -43.0. The highest BCUT2D eigenvalue weighted by molar-refractivity contribution is 7.92. The molecule has 0 bridgehead atoms. The number of carbonyl (C=O) groups excluding carboxylic acids is 1. The minimum atomic E-state index is -8.16. The molecule has 0 spiro atoms. The van der Waals surface area contributed by atoms with Crippen LogP contribution in [0.3, 0.4) is 0 Å². The SMILES string of the molecule is Cc1cc(C)nc(NS(=O)(=O)c2ccc(NC(=O)C(F)(F)C(F)(F)C(F)(F)C(F)(F)C(F)(F)C(F)(F)F)cc2)n1. The van der Waals surface area contributed by atoms with Crippen LogP contribution in [0.2, 0.25) is 0 Å². The number of amides is 1. The van der Waals surface area contributed by atoms with E-state index in [2.05, 4.69) is 9.97 Å². The van der Waals surface area contributed by atoms with Crippen molar-refractivity contribution in [2.75, 3.05) is 10.0 Å². The van der Waals surface area contributed by atoms with E-state index in [9.17, 15) is 70.3 Å². The van der Waals surface area contributed by atoms with Crippen LogP contribution >= 0.6 is 0 Å². The molecule has 40 heavy (non-hydrogen) atoms. The van der Waals surface area contributed by atoms with Gasteiger partial charge in [-0.2, -0.15) is 57.1 Å². The third-order valence-electron chi connectivity index (χ3n) is 4.85. The number of hydrogen-bond acceptors (Lipinski definition) is 5. The van der Waals surface area contributed by atoms with Gasteiger partial charge in [0.25, 0.3) is 10.0 Å². The highest BCUT2D eigenvalue weighted by Gasteiger charge is 2.91. The van der Waals surface area contributed by atoms with Crippen molar-refractivity contribution >= 4 is 27.6 Å². The molecule has 7 nitrogen and oxygen atoms in total. The second kappa shape index (κ2) is 9.91. The first-order valence-electron chi connectivity index (χ1n) is 9.95. The van der Waals surface area contributed by atoms with Gasteiger partial charge < -0.3 is 5.32 Å². The average Bonchev–Trinajstić information content (AvgIpc) is 2.77. The van der Waals surface area contributed by atoms with Crippen molar-refractivity contribution in [2.45, 2.75) is 54.5 Å². The first kappa shape index (κ1) is 32.8. The van der Waals surface area contributed by atoms with Crippen LogP contribution in [-0.2, 0) is 14.8 Å². The van der Waals surface area contributed by atoms with Gasteiger partial charge in [0.2, 0.25) is 5.95 Å². The molecular formula is C19H13F13N4O3S. The molecule has 0 aliphatic rings. The summed E-state index contributed by atoms with van der Waals surface area (Å²) in [5, 5.41) is 0.827. The van der Waals surface area contributed by atoms with Crippen LogP contribution in [0.5, 0.6) is 0 Å². The van der Waals surface area contributed by atoms with Crippen LogP contribution in [-0.4, -0.2) is 60.1 Å². The van der Waals surface area contributed by atoms with Gasteiger partial charge in [-0.25, -0.2) is 23.1 Å². The number of aryl methyl sites for hydroxylation is 2. The number of nitrogens with one attached hydrogen (secondary N) is 2. The summed E-state index contributed by atoms with van der Waals surface area (Å²) in [6.07, 6.45) is -7.59. The van der Waals surface area contributed by atoms with Crippen molar-refractivity contribution in [1.82, 2.24) is 9.97 Å². The summed E-state index contributed by atoms with van der Waals surface area (Å²) in [7, 11) is -4.51. The third kappa shape index (κ3) is 5.46. The quantitative estimate of drug-likeness (QED) is 0.356. The second-order valence-electron chi connectivity index (χ2n) is 7.93. The first-order valence-corrected chi connectivity index (χ1v) is 11.4. The molecule has 2 N–H and O–H groups in total. The monoisotopic (exact) mass is 624 g/mol. The Kier molecular flexibility index (Phi) is 8.13. The van der Waals surface area contributed by atoms with Crippen LogP contribution in [0, 0.1) is 13.8 Å². The fourth-order valence-electron chi connectivity index (χ4n) is 2.79. The molecule has 2 rings (SSSR count). The summed E-state index contributed by atoms with van der Waals surface area (Å²) >= 11 is 0. The summed E-state index contributed by atoms with van der Waals surface area (Å²) in [5.41, 5.74) is -0.365. The smallest absolute Gasteiger partial charge is 0.321 e. The van der Waals surface area contributed by atoms with Gasteiger partial charge >= 0.3 is 41.7 Å². The van der Waals surface area contributed by atoms with Crippen LogP contribution in [0.4, 0.5) is 68.7 Å². The molecule has 0 aliphatic carbocycles. The number of hydrogen-bond donors (Lipinski definition) is 2. The highest BCUT2D eigenvalue weighted by atomic mass is 32.2. The van der Waals surface area contributed by atoms with Crippen LogP contribution in [0.25, 0.3) is 0 Å². The third-order valence-corrected chi connectivity index (χ3v) is 6.19.